The fourth-order valence-corrected chi connectivity index (χ4v) is 2.00. The highest BCUT2D eigenvalue weighted by atomic mass is 79.9. The molecule has 0 saturated heterocycles. The highest BCUT2D eigenvalue weighted by molar-refractivity contribution is 9.10. The molecule has 0 fully saturated rings. The SMILES string of the molecule is CC(N)Cc1ccn(Cc2ccc(Br)cn2)c1. The van der Waals surface area contributed by atoms with Crippen molar-refractivity contribution in [3.8, 4) is 0 Å². The summed E-state index contributed by atoms with van der Waals surface area (Å²) in [7, 11) is 0. The van der Waals surface area contributed by atoms with Crippen LogP contribution in [0.4, 0.5) is 0 Å². The molecule has 90 valence electrons. The number of nitrogens with zero attached hydrogens (tertiary/aromatic N) is 2. The average molecular weight is 294 g/mol. The minimum atomic E-state index is 0.205. The molecule has 0 aliphatic carbocycles. The van der Waals surface area contributed by atoms with Crippen molar-refractivity contribution in [1.29, 1.82) is 0 Å². The van der Waals surface area contributed by atoms with Gasteiger partial charge in [0.05, 0.1) is 12.2 Å². The van der Waals surface area contributed by atoms with Gasteiger partial charge in [0, 0.05) is 29.1 Å². The number of rotatable bonds is 4. The highest BCUT2D eigenvalue weighted by Gasteiger charge is 2.01. The molecule has 0 aliphatic rings. The average Bonchev–Trinajstić information content (AvgIpc) is 2.68. The number of pyridine rings is 1. The van der Waals surface area contributed by atoms with E-state index in [1.807, 2.05) is 25.3 Å². The van der Waals surface area contributed by atoms with Gasteiger partial charge in [-0.3, -0.25) is 4.98 Å². The minimum absolute atomic E-state index is 0.205. The van der Waals surface area contributed by atoms with Gasteiger partial charge in [0.1, 0.15) is 0 Å². The number of halogens is 1. The Hall–Kier alpha value is -1.13. The maximum Gasteiger partial charge on any atom is 0.0642 e. The van der Waals surface area contributed by atoms with Crippen LogP contribution < -0.4 is 5.73 Å². The molecule has 3 nitrogen and oxygen atoms in total. The van der Waals surface area contributed by atoms with Gasteiger partial charge >= 0.3 is 0 Å². The van der Waals surface area contributed by atoms with Crippen LogP contribution in [0.2, 0.25) is 0 Å². The van der Waals surface area contributed by atoms with Crippen molar-refractivity contribution in [2.75, 3.05) is 0 Å². The van der Waals surface area contributed by atoms with E-state index in [2.05, 4.69) is 43.9 Å². The van der Waals surface area contributed by atoms with Crippen LogP contribution in [0.3, 0.4) is 0 Å². The van der Waals surface area contributed by atoms with E-state index in [-0.39, 0.29) is 6.04 Å². The first-order valence-electron chi connectivity index (χ1n) is 5.64. The lowest BCUT2D eigenvalue weighted by Crippen LogP contribution is -2.17. The summed E-state index contributed by atoms with van der Waals surface area (Å²) in [6.07, 6.45) is 6.94. The standard InChI is InChI=1S/C13H16BrN3/c1-10(15)6-11-4-5-17(8-11)9-13-3-2-12(14)7-16-13/h2-5,7-8,10H,6,9,15H2,1H3. The Bertz CT molecular complexity index is 474. The molecule has 0 radical (unpaired) electrons. The molecule has 1 unspecified atom stereocenters. The highest BCUT2D eigenvalue weighted by Crippen LogP contribution is 2.10. The zero-order valence-corrected chi connectivity index (χ0v) is 11.4. The van der Waals surface area contributed by atoms with Crippen molar-refractivity contribution in [3.05, 3.63) is 52.5 Å². The molecule has 1 atom stereocenters. The second-order valence-electron chi connectivity index (χ2n) is 4.34. The van der Waals surface area contributed by atoms with Gasteiger partial charge in [0.25, 0.3) is 0 Å². The molecule has 17 heavy (non-hydrogen) atoms. The van der Waals surface area contributed by atoms with Gasteiger partial charge in [-0.25, -0.2) is 0 Å². The maximum atomic E-state index is 5.78. The summed E-state index contributed by atoms with van der Waals surface area (Å²) in [6.45, 7) is 2.82. The van der Waals surface area contributed by atoms with Gasteiger partial charge < -0.3 is 10.3 Å². The van der Waals surface area contributed by atoms with Crippen LogP contribution >= 0.6 is 15.9 Å². The third-order valence-corrected chi connectivity index (χ3v) is 2.97. The maximum absolute atomic E-state index is 5.78. The Morgan fingerprint density at radius 3 is 2.88 bits per heavy atom. The molecular weight excluding hydrogens is 278 g/mol. The van der Waals surface area contributed by atoms with Gasteiger partial charge in [-0.1, -0.05) is 0 Å². The van der Waals surface area contributed by atoms with Crippen molar-refractivity contribution in [3.63, 3.8) is 0 Å². The Labute approximate surface area is 110 Å². The third-order valence-electron chi connectivity index (χ3n) is 2.50. The van der Waals surface area contributed by atoms with E-state index < -0.39 is 0 Å². The monoisotopic (exact) mass is 293 g/mol. The summed E-state index contributed by atoms with van der Waals surface area (Å²) in [5, 5.41) is 0. The molecule has 0 bridgehead atoms. The lowest BCUT2D eigenvalue weighted by molar-refractivity contribution is 0.729. The molecule has 2 N–H and O–H groups in total. The molecule has 0 aromatic carbocycles. The third kappa shape index (κ3) is 3.68. The first-order chi connectivity index (χ1) is 8.13. The molecule has 2 heterocycles. The largest absolute Gasteiger partial charge is 0.348 e. The molecule has 0 aliphatic heterocycles. The van der Waals surface area contributed by atoms with E-state index >= 15 is 0 Å². The molecule has 2 rings (SSSR count). The van der Waals surface area contributed by atoms with Gasteiger partial charge in [-0.2, -0.15) is 0 Å². The first-order valence-corrected chi connectivity index (χ1v) is 6.43. The van der Waals surface area contributed by atoms with E-state index in [9.17, 15) is 0 Å². The predicted octanol–water partition coefficient (Wildman–Crippen LogP) is 2.58. The molecule has 4 heteroatoms. The van der Waals surface area contributed by atoms with Gasteiger partial charge in [-0.15, -0.1) is 0 Å². The van der Waals surface area contributed by atoms with Crippen molar-refractivity contribution in [2.24, 2.45) is 5.73 Å². The van der Waals surface area contributed by atoms with Crippen molar-refractivity contribution in [1.82, 2.24) is 9.55 Å². The van der Waals surface area contributed by atoms with Crippen molar-refractivity contribution < 1.29 is 0 Å². The van der Waals surface area contributed by atoms with E-state index in [1.54, 1.807) is 0 Å². The van der Waals surface area contributed by atoms with Gasteiger partial charge in [0.2, 0.25) is 0 Å². The van der Waals surface area contributed by atoms with Crippen LogP contribution in [0, 0.1) is 0 Å². The molecule has 0 spiro atoms. The summed E-state index contributed by atoms with van der Waals surface area (Å²) in [5.41, 5.74) is 8.10. The Morgan fingerprint density at radius 2 is 2.24 bits per heavy atom. The quantitative estimate of drug-likeness (QED) is 0.942. The fraction of sp³-hybridized carbons (Fsp3) is 0.308. The van der Waals surface area contributed by atoms with Crippen LogP contribution in [-0.2, 0) is 13.0 Å². The summed E-state index contributed by atoms with van der Waals surface area (Å²) in [5.74, 6) is 0. The molecular formula is C13H16BrN3. The number of aromatic nitrogens is 2. The van der Waals surface area contributed by atoms with E-state index in [4.69, 9.17) is 5.73 Å². The number of nitrogens with two attached hydrogens (primary N) is 1. The van der Waals surface area contributed by atoms with E-state index in [0.29, 0.717) is 0 Å². The number of hydrogen-bond acceptors (Lipinski definition) is 2. The van der Waals surface area contributed by atoms with E-state index in [0.717, 1.165) is 23.1 Å². The zero-order valence-electron chi connectivity index (χ0n) is 9.81. The smallest absolute Gasteiger partial charge is 0.0642 e. The predicted molar refractivity (Wildman–Crippen MR) is 72.8 cm³/mol. The second kappa shape index (κ2) is 5.47. The Morgan fingerprint density at radius 1 is 1.41 bits per heavy atom. The van der Waals surface area contributed by atoms with Crippen molar-refractivity contribution >= 4 is 15.9 Å². The lowest BCUT2D eigenvalue weighted by atomic mass is 10.1. The van der Waals surface area contributed by atoms with Gasteiger partial charge in [0.15, 0.2) is 0 Å². The fourth-order valence-electron chi connectivity index (χ4n) is 1.77. The summed E-state index contributed by atoms with van der Waals surface area (Å²) < 4.78 is 3.14. The molecule has 2 aromatic heterocycles. The van der Waals surface area contributed by atoms with E-state index in [1.165, 1.54) is 5.56 Å². The van der Waals surface area contributed by atoms with Crippen molar-refractivity contribution in [2.45, 2.75) is 25.9 Å². The first kappa shape index (κ1) is 12.3. The Balaban J connectivity index is 2.03. The van der Waals surface area contributed by atoms with Gasteiger partial charge in [-0.05, 0) is 53.0 Å². The minimum Gasteiger partial charge on any atom is -0.348 e. The van der Waals surface area contributed by atoms with Crippen LogP contribution in [0.15, 0.2) is 41.3 Å². The summed E-state index contributed by atoms with van der Waals surface area (Å²) in [6, 6.07) is 6.35. The normalized spacial score (nSPS) is 12.6. The topological polar surface area (TPSA) is 43.8 Å². The second-order valence-corrected chi connectivity index (χ2v) is 5.26. The summed E-state index contributed by atoms with van der Waals surface area (Å²) in [4.78, 5) is 4.35. The van der Waals surface area contributed by atoms with Crippen LogP contribution in [0.1, 0.15) is 18.2 Å². The Kier molecular flexibility index (Phi) is 3.97. The van der Waals surface area contributed by atoms with Crippen LogP contribution in [-0.4, -0.2) is 15.6 Å². The summed E-state index contributed by atoms with van der Waals surface area (Å²) >= 11 is 3.38. The van der Waals surface area contributed by atoms with Crippen LogP contribution in [0.5, 0.6) is 0 Å². The van der Waals surface area contributed by atoms with Crippen LogP contribution in [0.25, 0.3) is 0 Å². The lowest BCUT2D eigenvalue weighted by Gasteiger charge is -2.03. The number of hydrogen-bond donors (Lipinski definition) is 1. The zero-order chi connectivity index (χ0) is 12.3. The molecule has 0 amide bonds. The molecule has 2 aromatic rings. The molecule has 0 saturated carbocycles.